The first-order valence-corrected chi connectivity index (χ1v) is 7.07. The number of hydrogen-bond donors (Lipinski definition) is 2. The lowest BCUT2D eigenvalue weighted by atomic mass is 10.1. The lowest BCUT2D eigenvalue weighted by Gasteiger charge is -2.09. The van der Waals surface area contributed by atoms with Gasteiger partial charge in [-0.05, 0) is 37.2 Å². The van der Waals surface area contributed by atoms with Crippen molar-refractivity contribution < 1.29 is 17.9 Å². The second-order valence-electron chi connectivity index (χ2n) is 5.32. The van der Waals surface area contributed by atoms with Crippen LogP contribution in [0.2, 0.25) is 0 Å². The van der Waals surface area contributed by atoms with Crippen LogP contribution in [0.1, 0.15) is 29.3 Å². The van der Waals surface area contributed by atoms with E-state index in [-0.39, 0.29) is 12.4 Å². The number of alkyl halides is 3. The van der Waals surface area contributed by atoms with Crippen molar-refractivity contribution in [3.05, 3.63) is 47.3 Å². The first-order chi connectivity index (χ1) is 10.5. The van der Waals surface area contributed by atoms with Crippen molar-refractivity contribution in [2.75, 3.05) is 13.1 Å². The second kappa shape index (κ2) is 6.00. The number of aromatic nitrogens is 2. The zero-order valence-corrected chi connectivity index (χ0v) is 11.8. The Labute approximate surface area is 125 Å². The Kier molecular flexibility index (Phi) is 4.06. The summed E-state index contributed by atoms with van der Waals surface area (Å²) in [5, 5.41) is 10.4. The molecular formula is C15H16F3N3O. The molecule has 0 amide bonds. The third-order valence-electron chi connectivity index (χ3n) is 3.69. The molecule has 0 aliphatic carbocycles. The Bertz CT molecular complexity index is 633. The molecular weight excluding hydrogens is 295 g/mol. The van der Waals surface area contributed by atoms with Crippen LogP contribution in [0.5, 0.6) is 5.75 Å². The van der Waals surface area contributed by atoms with E-state index in [0.29, 0.717) is 5.92 Å². The first-order valence-electron chi connectivity index (χ1n) is 7.07. The zero-order chi connectivity index (χ0) is 15.6. The summed E-state index contributed by atoms with van der Waals surface area (Å²) >= 11 is 0. The van der Waals surface area contributed by atoms with Gasteiger partial charge in [0.2, 0.25) is 0 Å². The van der Waals surface area contributed by atoms with Crippen LogP contribution >= 0.6 is 0 Å². The summed E-state index contributed by atoms with van der Waals surface area (Å²) in [5.41, 5.74) is 0.999. The number of aromatic amines is 1. The first kappa shape index (κ1) is 14.9. The van der Waals surface area contributed by atoms with Crippen LogP contribution in [-0.4, -0.2) is 23.3 Å². The quantitative estimate of drug-likeness (QED) is 0.912. The number of hydrogen-bond acceptors (Lipinski definition) is 3. The third kappa shape index (κ3) is 3.41. The second-order valence-corrected chi connectivity index (χ2v) is 5.32. The normalized spacial score (nSPS) is 18.6. The van der Waals surface area contributed by atoms with Gasteiger partial charge in [0.15, 0.2) is 0 Å². The summed E-state index contributed by atoms with van der Waals surface area (Å²) in [5.74, 6) is 0.576. The van der Waals surface area contributed by atoms with E-state index in [0.717, 1.165) is 43.0 Å². The van der Waals surface area contributed by atoms with Gasteiger partial charge in [-0.25, -0.2) is 0 Å². The number of ether oxygens (including phenoxy) is 1. The molecule has 0 bridgehead atoms. The van der Waals surface area contributed by atoms with Crippen molar-refractivity contribution in [2.24, 2.45) is 0 Å². The highest BCUT2D eigenvalue weighted by atomic mass is 19.4. The molecule has 1 saturated heterocycles. The standard InChI is InChI=1S/C15H16F3N3O/c16-15(17,18)11-2-1-3-13(6-11)22-9-12-7-14(21-20-12)10-4-5-19-8-10/h1-3,6-7,10,19H,4-5,8-9H2,(H,20,21)/t10-/m0/s1. The molecule has 2 aromatic rings. The third-order valence-corrected chi connectivity index (χ3v) is 3.69. The van der Waals surface area contributed by atoms with Crippen LogP contribution in [0.4, 0.5) is 13.2 Å². The molecule has 0 spiro atoms. The van der Waals surface area contributed by atoms with E-state index in [1.165, 1.54) is 12.1 Å². The largest absolute Gasteiger partial charge is 0.487 e. The molecule has 118 valence electrons. The fourth-order valence-electron chi connectivity index (χ4n) is 2.49. The smallest absolute Gasteiger partial charge is 0.416 e. The highest BCUT2D eigenvalue weighted by Crippen LogP contribution is 2.31. The van der Waals surface area contributed by atoms with Gasteiger partial charge in [-0.3, -0.25) is 5.10 Å². The minimum Gasteiger partial charge on any atom is -0.487 e. The Morgan fingerprint density at radius 1 is 1.27 bits per heavy atom. The molecule has 1 fully saturated rings. The molecule has 7 heteroatoms. The lowest BCUT2D eigenvalue weighted by Crippen LogP contribution is -2.08. The molecule has 0 saturated carbocycles. The molecule has 3 rings (SSSR count). The molecule has 1 atom stereocenters. The van der Waals surface area contributed by atoms with Crippen molar-refractivity contribution in [3.8, 4) is 5.75 Å². The van der Waals surface area contributed by atoms with E-state index in [9.17, 15) is 13.2 Å². The Balaban J connectivity index is 1.63. The number of benzene rings is 1. The van der Waals surface area contributed by atoms with E-state index in [2.05, 4.69) is 15.5 Å². The van der Waals surface area contributed by atoms with Gasteiger partial charge >= 0.3 is 6.18 Å². The van der Waals surface area contributed by atoms with Crippen LogP contribution in [0.3, 0.4) is 0 Å². The summed E-state index contributed by atoms with van der Waals surface area (Å²) in [4.78, 5) is 0. The molecule has 0 radical (unpaired) electrons. The van der Waals surface area contributed by atoms with Gasteiger partial charge in [-0.2, -0.15) is 18.3 Å². The highest BCUT2D eigenvalue weighted by molar-refractivity contribution is 5.30. The summed E-state index contributed by atoms with van der Waals surface area (Å²) in [7, 11) is 0. The van der Waals surface area contributed by atoms with Gasteiger partial charge in [-0.1, -0.05) is 6.07 Å². The number of nitrogens with zero attached hydrogens (tertiary/aromatic N) is 1. The topological polar surface area (TPSA) is 49.9 Å². The number of H-pyrrole nitrogens is 1. The predicted octanol–water partition coefficient (Wildman–Crippen LogP) is 3.08. The maximum absolute atomic E-state index is 12.6. The maximum atomic E-state index is 12.6. The highest BCUT2D eigenvalue weighted by Gasteiger charge is 2.30. The Morgan fingerprint density at radius 3 is 2.86 bits per heavy atom. The average molecular weight is 311 g/mol. The molecule has 1 aromatic carbocycles. The van der Waals surface area contributed by atoms with Crippen LogP contribution in [0.15, 0.2) is 30.3 Å². The molecule has 1 aliphatic rings. The van der Waals surface area contributed by atoms with Crippen molar-refractivity contribution in [1.29, 1.82) is 0 Å². The lowest BCUT2D eigenvalue weighted by molar-refractivity contribution is -0.137. The SMILES string of the molecule is FC(F)(F)c1cccc(OCc2cc([C@H]3CCNC3)n[nH]2)c1. The predicted molar refractivity (Wildman–Crippen MR) is 74.6 cm³/mol. The van der Waals surface area contributed by atoms with Crippen molar-refractivity contribution in [2.45, 2.75) is 25.1 Å². The van der Waals surface area contributed by atoms with Gasteiger partial charge in [0.05, 0.1) is 17.0 Å². The molecule has 1 aromatic heterocycles. The molecule has 2 N–H and O–H groups in total. The Morgan fingerprint density at radius 2 is 2.14 bits per heavy atom. The van der Waals surface area contributed by atoms with Crippen LogP contribution < -0.4 is 10.1 Å². The molecule has 0 unspecified atom stereocenters. The minimum atomic E-state index is -4.37. The number of rotatable bonds is 4. The fraction of sp³-hybridized carbons (Fsp3) is 0.400. The van der Waals surface area contributed by atoms with Crippen LogP contribution in [0.25, 0.3) is 0 Å². The van der Waals surface area contributed by atoms with Crippen molar-refractivity contribution >= 4 is 0 Å². The van der Waals surface area contributed by atoms with E-state index in [4.69, 9.17) is 4.74 Å². The molecule has 4 nitrogen and oxygen atoms in total. The van der Waals surface area contributed by atoms with E-state index < -0.39 is 11.7 Å². The minimum absolute atomic E-state index is 0.161. The molecule has 2 heterocycles. The van der Waals surface area contributed by atoms with E-state index in [1.54, 1.807) is 0 Å². The summed E-state index contributed by atoms with van der Waals surface area (Å²) < 4.78 is 43.3. The van der Waals surface area contributed by atoms with E-state index in [1.807, 2.05) is 6.07 Å². The maximum Gasteiger partial charge on any atom is 0.416 e. The van der Waals surface area contributed by atoms with E-state index >= 15 is 0 Å². The van der Waals surface area contributed by atoms with Crippen molar-refractivity contribution in [3.63, 3.8) is 0 Å². The monoisotopic (exact) mass is 311 g/mol. The van der Waals surface area contributed by atoms with Crippen LogP contribution in [0, 0.1) is 0 Å². The van der Waals surface area contributed by atoms with Crippen molar-refractivity contribution in [1.82, 2.24) is 15.5 Å². The van der Waals surface area contributed by atoms with Gasteiger partial charge in [0, 0.05) is 12.5 Å². The average Bonchev–Trinajstić information content (AvgIpc) is 3.15. The van der Waals surface area contributed by atoms with Gasteiger partial charge in [0.1, 0.15) is 12.4 Å². The number of nitrogens with one attached hydrogen (secondary N) is 2. The summed E-state index contributed by atoms with van der Waals surface area (Å²) in [6.07, 6.45) is -3.32. The Hall–Kier alpha value is -2.02. The number of halogens is 3. The van der Waals surface area contributed by atoms with Gasteiger partial charge in [0.25, 0.3) is 0 Å². The summed E-state index contributed by atoms with van der Waals surface area (Å²) in [6.45, 7) is 2.04. The summed E-state index contributed by atoms with van der Waals surface area (Å²) in [6, 6.07) is 6.77. The molecule has 22 heavy (non-hydrogen) atoms. The van der Waals surface area contributed by atoms with Gasteiger partial charge in [-0.15, -0.1) is 0 Å². The molecule has 1 aliphatic heterocycles. The van der Waals surface area contributed by atoms with Gasteiger partial charge < -0.3 is 10.1 Å². The fourth-order valence-corrected chi connectivity index (χ4v) is 2.49. The van der Waals surface area contributed by atoms with Crippen LogP contribution in [-0.2, 0) is 12.8 Å². The zero-order valence-electron chi connectivity index (χ0n) is 11.8.